The molecule has 0 unspecified atom stereocenters. The Labute approximate surface area is 201 Å². The summed E-state index contributed by atoms with van der Waals surface area (Å²) >= 11 is 0. The summed E-state index contributed by atoms with van der Waals surface area (Å²) in [5.41, 5.74) is 2.36. The van der Waals surface area contributed by atoms with Gasteiger partial charge in [0.15, 0.2) is 5.82 Å². The number of aromatic nitrogens is 6. The van der Waals surface area contributed by atoms with Crippen molar-refractivity contribution >= 4 is 17.7 Å². The minimum absolute atomic E-state index is 0.0243. The van der Waals surface area contributed by atoms with E-state index in [0.29, 0.717) is 48.8 Å². The molecule has 10 heteroatoms. The number of carbonyl (C=O) groups is 1. The van der Waals surface area contributed by atoms with E-state index in [1.54, 1.807) is 36.7 Å². The van der Waals surface area contributed by atoms with E-state index < -0.39 is 11.7 Å². The Kier molecular flexibility index (Phi) is 5.20. The summed E-state index contributed by atoms with van der Waals surface area (Å²) in [4.78, 5) is 28.2. The number of benzene rings is 1. The average molecular weight is 471 g/mol. The van der Waals surface area contributed by atoms with Gasteiger partial charge in [-0.3, -0.25) is 4.79 Å². The first kappa shape index (κ1) is 21.3. The van der Waals surface area contributed by atoms with E-state index in [1.165, 1.54) is 6.07 Å². The van der Waals surface area contributed by atoms with Crippen molar-refractivity contribution in [2.24, 2.45) is 0 Å². The molecule has 1 aromatic carbocycles. The zero-order valence-corrected chi connectivity index (χ0v) is 19.1. The zero-order chi connectivity index (χ0) is 23.9. The van der Waals surface area contributed by atoms with Gasteiger partial charge in [-0.1, -0.05) is 6.07 Å². The summed E-state index contributed by atoms with van der Waals surface area (Å²) in [7, 11) is 0. The fraction of sp³-hybridized carbons (Fsp3) is 0.280. The molecular formula is C25H23FN8O. The highest BCUT2D eigenvalue weighted by atomic mass is 19.1. The number of carbonyl (C=O) groups excluding carboxylic acids is 1. The number of pyridine rings is 1. The monoisotopic (exact) mass is 470 g/mol. The van der Waals surface area contributed by atoms with Crippen LogP contribution in [0.15, 0.2) is 48.8 Å². The second-order valence-corrected chi connectivity index (χ2v) is 8.88. The molecule has 0 spiro atoms. The van der Waals surface area contributed by atoms with Gasteiger partial charge in [0.05, 0.1) is 5.56 Å². The SMILES string of the molecule is C[C@H]1CCc2nnc(-c3cccc(NC(=O)c4cc5c(cc4F)CCN(c4ncccn4)C5)n3)n21. The second-order valence-electron chi connectivity index (χ2n) is 8.88. The van der Waals surface area contributed by atoms with E-state index in [1.807, 2.05) is 11.0 Å². The van der Waals surface area contributed by atoms with E-state index in [0.717, 1.165) is 29.8 Å². The van der Waals surface area contributed by atoms with Crippen LogP contribution in [0.4, 0.5) is 16.2 Å². The lowest BCUT2D eigenvalue weighted by atomic mass is 9.96. The molecule has 2 aliphatic heterocycles. The van der Waals surface area contributed by atoms with Gasteiger partial charge < -0.3 is 14.8 Å². The molecule has 4 aromatic rings. The number of rotatable bonds is 4. The molecule has 0 fully saturated rings. The Bertz CT molecular complexity index is 1420. The first-order chi connectivity index (χ1) is 17.1. The second kappa shape index (κ2) is 8.53. The van der Waals surface area contributed by atoms with Crippen LogP contribution in [0.3, 0.4) is 0 Å². The summed E-state index contributed by atoms with van der Waals surface area (Å²) in [5.74, 6) is 1.45. The van der Waals surface area contributed by atoms with Gasteiger partial charge in [-0.15, -0.1) is 10.2 Å². The minimum atomic E-state index is -0.553. The quantitative estimate of drug-likeness (QED) is 0.486. The third-order valence-electron chi connectivity index (χ3n) is 6.59. The van der Waals surface area contributed by atoms with Gasteiger partial charge in [-0.25, -0.2) is 19.3 Å². The fourth-order valence-corrected chi connectivity index (χ4v) is 4.79. The van der Waals surface area contributed by atoms with Crippen LogP contribution < -0.4 is 10.2 Å². The summed E-state index contributed by atoms with van der Waals surface area (Å²) in [6.45, 7) is 3.31. The number of hydrogen-bond acceptors (Lipinski definition) is 7. The van der Waals surface area contributed by atoms with Gasteiger partial charge in [0.1, 0.15) is 23.2 Å². The van der Waals surface area contributed by atoms with Crippen molar-refractivity contribution < 1.29 is 9.18 Å². The number of halogens is 1. The lowest BCUT2D eigenvalue weighted by Gasteiger charge is -2.29. The number of amides is 1. The van der Waals surface area contributed by atoms with Gasteiger partial charge in [-0.2, -0.15) is 0 Å². The van der Waals surface area contributed by atoms with Crippen LogP contribution in [0.2, 0.25) is 0 Å². The highest BCUT2D eigenvalue weighted by Gasteiger charge is 2.26. The Morgan fingerprint density at radius 1 is 1.09 bits per heavy atom. The molecule has 2 aliphatic rings. The first-order valence-electron chi connectivity index (χ1n) is 11.6. The number of anilines is 2. The van der Waals surface area contributed by atoms with Crippen LogP contribution >= 0.6 is 0 Å². The third-order valence-corrected chi connectivity index (χ3v) is 6.59. The molecule has 3 aromatic heterocycles. The van der Waals surface area contributed by atoms with E-state index >= 15 is 0 Å². The molecular weight excluding hydrogens is 447 g/mol. The maximum atomic E-state index is 14.9. The molecule has 1 N–H and O–H groups in total. The fourth-order valence-electron chi connectivity index (χ4n) is 4.79. The van der Waals surface area contributed by atoms with Gasteiger partial charge in [0.2, 0.25) is 5.95 Å². The van der Waals surface area contributed by atoms with Crippen LogP contribution in [-0.4, -0.2) is 42.2 Å². The minimum Gasteiger partial charge on any atom is -0.336 e. The highest BCUT2D eigenvalue weighted by Crippen LogP contribution is 2.30. The van der Waals surface area contributed by atoms with Crippen molar-refractivity contribution in [3.8, 4) is 11.5 Å². The number of aryl methyl sites for hydroxylation is 1. The predicted molar refractivity (Wildman–Crippen MR) is 127 cm³/mol. The largest absolute Gasteiger partial charge is 0.336 e. The zero-order valence-electron chi connectivity index (χ0n) is 19.1. The van der Waals surface area contributed by atoms with Gasteiger partial charge in [0.25, 0.3) is 5.91 Å². The van der Waals surface area contributed by atoms with Crippen molar-refractivity contribution in [2.75, 3.05) is 16.8 Å². The molecule has 6 rings (SSSR count). The third kappa shape index (κ3) is 3.90. The molecule has 0 aliphatic carbocycles. The lowest BCUT2D eigenvalue weighted by Crippen LogP contribution is -2.32. The summed E-state index contributed by atoms with van der Waals surface area (Å²) in [5, 5.41) is 11.3. The van der Waals surface area contributed by atoms with Crippen molar-refractivity contribution in [3.05, 3.63) is 77.1 Å². The number of fused-ring (bicyclic) bond motifs is 2. The van der Waals surface area contributed by atoms with Crippen molar-refractivity contribution in [2.45, 2.75) is 38.8 Å². The Morgan fingerprint density at radius 3 is 2.80 bits per heavy atom. The van der Waals surface area contributed by atoms with Gasteiger partial charge in [-0.05, 0) is 61.2 Å². The van der Waals surface area contributed by atoms with Crippen LogP contribution in [0.5, 0.6) is 0 Å². The topological polar surface area (TPSA) is 102 Å². The number of nitrogens with one attached hydrogen (secondary N) is 1. The standard InChI is InChI=1S/C25H23FN8O/c1-15-6-7-22-31-32-23(34(15)22)20-4-2-5-21(29-20)30-24(35)18-12-17-14-33(25-27-9-3-10-28-25)11-8-16(17)13-19(18)26/h2-5,9-10,12-13,15H,6-8,11,14H2,1H3,(H,29,30,35)/t15-/m0/s1. The van der Waals surface area contributed by atoms with Crippen molar-refractivity contribution in [1.82, 2.24) is 29.7 Å². The van der Waals surface area contributed by atoms with E-state index in [-0.39, 0.29) is 5.56 Å². The van der Waals surface area contributed by atoms with Crippen molar-refractivity contribution in [3.63, 3.8) is 0 Å². The van der Waals surface area contributed by atoms with Gasteiger partial charge in [0, 0.05) is 37.9 Å². The molecule has 5 heterocycles. The molecule has 0 bridgehead atoms. The normalized spacial score (nSPS) is 16.6. The van der Waals surface area contributed by atoms with Crippen LogP contribution in [0.25, 0.3) is 11.5 Å². The molecule has 0 radical (unpaired) electrons. The van der Waals surface area contributed by atoms with E-state index in [4.69, 9.17) is 0 Å². The Balaban J connectivity index is 1.25. The summed E-state index contributed by atoms with van der Waals surface area (Å²) in [6, 6.07) is 10.4. The summed E-state index contributed by atoms with van der Waals surface area (Å²) in [6.07, 6.45) is 5.93. The lowest BCUT2D eigenvalue weighted by molar-refractivity contribution is 0.102. The maximum Gasteiger partial charge on any atom is 0.259 e. The van der Waals surface area contributed by atoms with Gasteiger partial charge >= 0.3 is 0 Å². The Morgan fingerprint density at radius 2 is 1.94 bits per heavy atom. The molecule has 0 saturated carbocycles. The average Bonchev–Trinajstić information content (AvgIpc) is 3.47. The highest BCUT2D eigenvalue weighted by molar-refractivity contribution is 6.04. The van der Waals surface area contributed by atoms with E-state index in [9.17, 15) is 9.18 Å². The molecule has 1 amide bonds. The smallest absolute Gasteiger partial charge is 0.259 e. The molecule has 9 nitrogen and oxygen atoms in total. The molecule has 176 valence electrons. The molecule has 0 saturated heterocycles. The van der Waals surface area contributed by atoms with Crippen LogP contribution in [0, 0.1) is 5.82 Å². The van der Waals surface area contributed by atoms with Crippen LogP contribution in [-0.2, 0) is 19.4 Å². The van der Waals surface area contributed by atoms with E-state index in [2.05, 4.69) is 42.0 Å². The number of nitrogens with zero attached hydrogens (tertiary/aromatic N) is 7. The maximum absolute atomic E-state index is 14.9. The van der Waals surface area contributed by atoms with Crippen LogP contribution in [0.1, 0.15) is 46.7 Å². The molecule has 1 atom stereocenters. The number of hydrogen-bond donors (Lipinski definition) is 1. The van der Waals surface area contributed by atoms with Crippen molar-refractivity contribution in [1.29, 1.82) is 0 Å². The first-order valence-corrected chi connectivity index (χ1v) is 11.6. The Hall–Kier alpha value is -4.21. The molecule has 35 heavy (non-hydrogen) atoms. The summed E-state index contributed by atoms with van der Waals surface area (Å²) < 4.78 is 17.0. The predicted octanol–water partition coefficient (Wildman–Crippen LogP) is 3.59.